The predicted molar refractivity (Wildman–Crippen MR) is 67.9 cm³/mol. The van der Waals surface area contributed by atoms with E-state index in [2.05, 4.69) is 15.0 Å². The van der Waals surface area contributed by atoms with Crippen LogP contribution in [0.25, 0.3) is 11.2 Å². The van der Waals surface area contributed by atoms with Crippen molar-refractivity contribution in [2.75, 3.05) is 5.73 Å². The summed E-state index contributed by atoms with van der Waals surface area (Å²) >= 11 is 1.57. The summed E-state index contributed by atoms with van der Waals surface area (Å²) in [6.07, 6.45) is 0. The number of hydrogen-bond acceptors (Lipinski definition) is 5. The Hall–Kier alpha value is -1.95. The minimum absolute atomic E-state index is 0.478. The monoisotopic (exact) mass is 245 g/mol. The number of fused-ring (bicyclic) bond motifs is 1. The van der Waals surface area contributed by atoms with Crippen molar-refractivity contribution in [3.63, 3.8) is 0 Å². The fourth-order valence-corrected chi connectivity index (χ4v) is 2.30. The molecule has 2 N–H and O–H groups in total. The van der Waals surface area contributed by atoms with E-state index < -0.39 is 0 Å². The van der Waals surface area contributed by atoms with Gasteiger partial charge in [0.05, 0.1) is 17.7 Å². The maximum absolute atomic E-state index is 5.91. The zero-order chi connectivity index (χ0) is 11.8. The number of pyridine rings is 1. The van der Waals surface area contributed by atoms with Crippen molar-refractivity contribution in [1.29, 1.82) is 0 Å². The van der Waals surface area contributed by atoms with E-state index in [9.17, 15) is 0 Å². The molecule has 17 heavy (non-hydrogen) atoms. The number of rotatable bonds is 2. The van der Waals surface area contributed by atoms with Gasteiger partial charge >= 0.3 is 0 Å². The Kier molecular flexibility index (Phi) is 2.29. The second-order valence-electron chi connectivity index (χ2n) is 3.83. The standard InChI is InChI=1S/C11H11N5S/c1-7-2-3-9-10(14-7)16(11(12)15-9)4-8-5-17-6-13-8/h2-3,5-6H,4H2,1H3,(H2,12,15). The number of imidazole rings is 1. The zero-order valence-electron chi connectivity index (χ0n) is 9.29. The second kappa shape index (κ2) is 3.81. The van der Waals surface area contributed by atoms with Crippen LogP contribution in [0.15, 0.2) is 23.0 Å². The molecule has 86 valence electrons. The Morgan fingerprint density at radius 2 is 2.24 bits per heavy atom. The number of nitrogens with zero attached hydrogens (tertiary/aromatic N) is 4. The van der Waals surface area contributed by atoms with Gasteiger partial charge in [0.25, 0.3) is 0 Å². The van der Waals surface area contributed by atoms with E-state index in [-0.39, 0.29) is 0 Å². The Morgan fingerprint density at radius 3 is 3.00 bits per heavy atom. The normalized spacial score (nSPS) is 11.1. The maximum atomic E-state index is 5.91. The highest BCUT2D eigenvalue weighted by Gasteiger charge is 2.10. The van der Waals surface area contributed by atoms with Gasteiger partial charge in [0.15, 0.2) is 5.65 Å². The highest BCUT2D eigenvalue weighted by molar-refractivity contribution is 7.07. The fourth-order valence-electron chi connectivity index (χ4n) is 1.75. The molecule has 0 aliphatic rings. The third kappa shape index (κ3) is 1.76. The quantitative estimate of drug-likeness (QED) is 0.747. The summed E-state index contributed by atoms with van der Waals surface area (Å²) < 4.78 is 1.89. The molecule has 0 fully saturated rings. The highest BCUT2D eigenvalue weighted by atomic mass is 32.1. The molecule has 0 amide bonds. The predicted octanol–water partition coefficient (Wildman–Crippen LogP) is 1.83. The molecule has 0 spiro atoms. The summed E-state index contributed by atoms with van der Waals surface area (Å²) in [7, 11) is 0. The van der Waals surface area contributed by atoms with Gasteiger partial charge in [-0.05, 0) is 19.1 Å². The topological polar surface area (TPSA) is 69.6 Å². The van der Waals surface area contributed by atoms with Crippen molar-refractivity contribution in [1.82, 2.24) is 19.5 Å². The van der Waals surface area contributed by atoms with Gasteiger partial charge in [-0.1, -0.05) is 0 Å². The molecule has 5 nitrogen and oxygen atoms in total. The van der Waals surface area contributed by atoms with Crippen LogP contribution in [0.4, 0.5) is 5.95 Å². The van der Waals surface area contributed by atoms with Crippen LogP contribution in [0.2, 0.25) is 0 Å². The molecule has 0 radical (unpaired) electrons. The van der Waals surface area contributed by atoms with Crippen LogP contribution in [0.5, 0.6) is 0 Å². The molecule has 6 heteroatoms. The molecule has 0 atom stereocenters. The largest absolute Gasteiger partial charge is 0.369 e. The van der Waals surface area contributed by atoms with Gasteiger partial charge in [-0.25, -0.2) is 15.0 Å². The number of nitrogen functional groups attached to an aromatic ring is 1. The Labute approximate surface area is 102 Å². The molecule has 0 saturated heterocycles. The Balaban J connectivity index is 2.14. The van der Waals surface area contributed by atoms with E-state index in [0.717, 1.165) is 22.6 Å². The summed E-state index contributed by atoms with van der Waals surface area (Å²) in [6.45, 7) is 2.57. The van der Waals surface area contributed by atoms with E-state index >= 15 is 0 Å². The van der Waals surface area contributed by atoms with Crippen LogP contribution in [-0.4, -0.2) is 19.5 Å². The van der Waals surface area contributed by atoms with Crippen molar-refractivity contribution in [2.24, 2.45) is 0 Å². The summed E-state index contributed by atoms with van der Waals surface area (Å²) in [5.74, 6) is 0.478. The Bertz CT molecular complexity index is 656. The third-order valence-electron chi connectivity index (χ3n) is 2.56. The molecule has 3 aromatic rings. The van der Waals surface area contributed by atoms with Gasteiger partial charge in [0.2, 0.25) is 5.95 Å². The first-order chi connectivity index (χ1) is 8.24. The van der Waals surface area contributed by atoms with Gasteiger partial charge in [0, 0.05) is 11.1 Å². The highest BCUT2D eigenvalue weighted by Crippen LogP contribution is 2.18. The van der Waals surface area contributed by atoms with Gasteiger partial charge in [-0.15, -0.1) is 11.3 Å². The number of thiazole rings is 1. The molecule has 0 aliphatic heterocycles. The van der Waals surface area contributed by atoms with Crippen molar-refractivity contribution in [3.05, 3.63) is 34.4 Å². The average Bonchev–Trinajstić information content (AvgIpc) is 2.90. The maximum Gasteiger partial charge on any atom is 0.202 e. The minimum Gasteiger partial charge on any atom is -0.369 e. The van der Waals surface area contributed by atoms with Gasteiger partial charge in [-0.2, -0.15) is 0 Å². The van der Waals surface area contributed by atoms with Gasteiger partial charge in [-0.3, -0.25) is 4.57 Å². The number of hydrogen-bond donors (Lipinski definition) is 1. The lowest BCUT2D eigenvalue weighted by Crippen LogP contribution is -2.05. The van der Waals surface area contributed by atoms with Gasteiger partial charge in [0.1, 0.15) is 5.52 Å². The van der Waals surface area contributed by atoms with Crippen LogP contribution in [0.1, 0.15) is 11.4 Å². The molecular weight excluding hydrogens is 234 g/mol. The SMILES string of the molecule is Cc1ccc2nc(N)n(Cc3cscn3)c2n1. The van der Waals surface area contributed by atoms with E-state index in [1.165, 1.54) is 0 Å². The molecular formula is C11H11N5S. The summed E-state index contributed by atoms with van der Waals surface area (Å²) in [5, 5.41) is 2.00. The fraction of sp³-hybridized carbons (Fsp3) is 0.182. The van der Waals surface area contributed by atoms with E-state index in [0.29, 0.717) is 12.5 Å². The molecule has 3 aromatic heterocycles. The molecule has 0 aromatic carbocycles. The Morgan fingerprint density at radius 1 is 1.35 bits per heavy atom. The molecule has 3 rings (SSSR count). The van der Waals surface area contributed by atoms with E-state index in [1.54, 1.807) is 11.3 Å². The lowest BCUT2D eigenvalue weighted by Gasteiger charge is -2.03. The first kappa shape index (κ1) is 10.2. The smallest absolute Gasteiger partial charge is 0.202 e. The zero-order valence-corrected chi connectivity index (χ0v) is 10.1. The first-order valence-electron chi connectivity index (χ1n) is 5.20. The van der Waals surface area contributed by atoms with Crippen molar-refractivity contribution < 1.29 is 0 Å². The van der Waals surface area contributed by atoms with Gasteiger partial charge < -0.3 is 5.73 Å². The third-order valence-corrected chi connectivity index (χ3v) is 3.20. The number of aryl methyl sites for hydroxylation is 1. The van der Waals surface area contributed by atoms with Crippen LogP contribution in [0.3, 0.4) is 0 Å². The molecule has 3 heterocycles. The number of aromatic nitrogens is 4. The second-order valence-corrected chi connectivity index (χ2v) is 4.55. The summed E-state index contributed by atoms with van der Waals surface area (Å²) in [4.78, 5) is 13.0. The molecule has 0 bridgehead atoms. The molecule has 0 saturated carbocycles. The van der Waals surface area contributed by atoms with Crippen LogP contribution in [-0.2, 0) is 6.54 Å². The van der Waals surface area contributed by atoms with Crippen LogP contribution in [0, 0.1) is 6.92 Å². The van der Waals surface area contributed by atoms with E-state index in [4.69, 9.17) is 5.73 Å². The van der Waals surface area contributed by atoms with Crippen LogP contribution >= 0.6 is 11.3 Å². The van der Waals surface area contributed by atoms with Crippen molar-refractivity contribution in [3.8, 4) is 0 Å². The first-order valence-corrected chi connectivity index (χ1v) is 6.15. The molecule has 0 aliphatic carbocycles. The van der Waals surface area contributed by atoms with Crippen molar-refractivity contribution >= 4 is 28.4 Å². The van der Waals surface area contributed by atoms with E-state index in [1.807, 2.05) is 34.5 Å². The number of nitrogens with two attached hydrogens (primary N) is 1. The summed E-state index contributed by atoms with van der Waals surface area (Å²) in [5.41, 5.74) is 11.3. The minimum atomic E-state index is 0.478. The van der Waals surface area contributed by atoms with Crippen LogP contribution < -0.4 is 5.73 Å². The van der Waals surface area contributed by atoms with Crippen molar-refractivity contribution in [2.45, 2.75) is 13.5 Å². The lowest BCUT2D eigenvalue weighted by molar-refractivity contribution is 0.806. The number of anilines is 1. The lowest BCUT2D eigenvalue weighted by atomic mass is 10.3. The molecule has 0 unspecified atom stereocenters. The summed E-state index contributed by atoms with van der Waals surface area (Å²) in [6, 6.07) is 3.87. The average molecular weight is 245 g/mol.